The SMILES string of the molecule is NCC1CCCCC1C(=O)Cc1ccccn1. The van der Waals surface area contributed by atoms with Crippen LogP contribution in [0.5, 0.6) is 0 Å². The Balaban J connectivity index is 1.99. The molecule has 2 atom stereocenters. The molecule has 2 unspecified atom stereocenters. The van der Waals surface area contributed by atoms with Crippen molar-refractivity contribution in [2.45, 2.75) is 32.1 Å². The first-order valence-electron chi connectivity index (χ1n) is 6.44. The highest BCUT2D eigenvalue weighted by molar-refractivity contribution is 5.83. The van der Waals surface area contributed by atoms with Crippen LogP contribution in [0.1, 0.15) is 31.4 Å². The summed E-state index contributed by atoms with van der Waals surface area (Å²) in [5, 5.41) is 0. The molecule has 1 aromatic rings. The summed E-state index contributed by atoms with van der Waals surface area (Å²) in [6.07, 6.45) is 6.69. The van der Waals surface area contributed by atoms with Crippen molar-refractivity contribution in [3.05, 3.63) is 30.1 Å². The highest BCUT2D eigenvalue weighted by atomic mass is 16.1. The minimum Gasteiger partial charge on any atom is -0.330 e. The van der Waals surface area contributed by atoms with Crippen LogP contribution in [-0.4, -0.2) is 17.3 Å². The van der Waals surface area contributed by atoms with Crippen LogP contribution in [0.3, 0.4) is 0 Å². The van der Waals surface area contributed by atoms with E-state index in [9.17, 15) is 4.79 Å². The molecule has 0 aromatic carbocycles. The number of hydrogen-bond donors (Lipinski definition) is 1. The van der Waals surface area contributed by atoms with E-state index in [4.69, 9.17) is 5.73 Å². The van der Waals surface area contributed by atoms with Gasteiger partial charge in [-0.1, -0.05) is 18.9 Å². The third-order valence-electron chi connectivity index (χ3n) is 3.71. The van der Waals surface area contributed by atoms with Crippen LogP contribution in [0.4, 0.5) is 0 Å². The number of aromatic nitrogens is 1. The maximum Gasteiger partial charge on any atom is 0.142 e. The third kappa shape index (κ3) is 3.13. The molecule has 17 heavy (non-hydrogen) atoms. The molecule has 2 rings (SSSR count). The summed E-state index contributed by atoms with van der Waals surface area (Å²) in [7, 11) is 0. The van der Waals surface area contributed by atoms with E-state index < -0.39 is 0 Å². The van der Waals surface area contributed by atoms with Gasteiger partial charge in [0.2, 0.25) is 0 Å². The molecule has 0 spiro atoms. The lowest BCUT2D eigenvalue weighted by molar-refractivity contribution is -0.124. The quantitative estimate of drug-likeness (QED) is 0.863. The fourth-order valence-electron chi connectivity index (χ4n) is 2.73. The van der Waals surface area contributed by atoms with E-state index in [1.165, 1.54) is 6.42 Å². The first-order chi connectivity index (χ1) is 8.31. The zero-order valence-corrected chi connectivity index (χ0v) is 10.1. The fourth-order valence-corrected chi connectivity index (χ4v) is 2.73. The Hall–Kier alpha value is -1.22. The number of Topliss-reactive ketones (excluding diaryl/α,β-unsaturated/α-hetero) is 1. The zero-order valence-electron chi connectivity index (χ0n) is 10.1. The molecule has 1 heterocycles. The van der Waals surface area contributed by atoms with E-state index in [0.717, 1.165) is 25.0 Å². The Kier molecular flexibility index (Phi) is 4.26. The average Bonchev–Trinajstić information content (AvgIpc) is 2.40. The van der Waals surface area contributed by atoms with Crippen LogP contribution in [0.2, 0.25) is 0 Å². The van der Waals surface area contributed by atoms with Crippen molar-refractivity contribution < 1.29 is 4.79 Å². The summed E-state index contributed by atoms with van der Waals surface area (Å²) in [6.45, 7) is 0.638. The van der Waals surface area contributed by atoms with Crippen LogP contribution in [0.15, 0.2) is 24.4 Å². The second kappa shape index (κ2) is 5.92. The molecule has 92 valence electrons. The van der Waals surface area contributed by atoms with E-state index in [1.807, 2.05) is 18.2 Å². The van der Waals surface area contributed by atoms with Crippen molar-refractivity contribution in [3.63, 3.8) is 0 Å². The van der Waals surface area contributed by atoms with Gasteiger partial charge in [-0.3, -0.25) is 9.78 Å². The van der Waals surface area contributed by atoms with Crippen molar-refractivity contribution in [3.8, 4) is 0 Å². The number of rotatable bonds is 4. The maximum atomic E-state index is 12.2. The van der Waals surface area contributed by atoms with Gasteiger partial charge in [-0.2, -0.15) is 0 Å². The van der Waals surface area contributed by atoms with E-state index >= 15 is 0 Å². The third-order valence-corrected chi connectivity index (χ3v) is 3.71. The molecule has 1 saturated carbocycles. The molecule has 0 aliphatic heterocycles. The minimum absolute atomic E-state index is 0.163. The maximum absolute atomic E-state index is 12.2. The van der Waals surface area contributed by atoms with E-state index in [0.29, 0.717) is 24.7 Å². The summed E-state index contributed by atoms with van der Waals surface area (Å²) in [6, 6.07) is 5.71. The van der Waals surface area contributed by atoms with Gasteiger partial charge in [0.1, 0.15) is 5.78 Å². The molecule has 0 radical (unpaired) electrons. The molecule has 1 fully saturated rings. The van der Waals surface area contributed by atoms with Gasteiger partial charge in [0.25, 0.3) is 0 Å². The van der Waals surface area contributed by atoms with Crippen molar-refractivity contribution in [1.82, 2.24) is 4.98 Å². The second-order valence-electron chi connectivity index (χ2n) is 4.85. The second-order valence-corrected chi connectivity index (χ2v) is 4.85. The normalized spacial score (nSPS) is 24.5. The predicted molar refractivity (Wildman–Crippen MR) is 67.5 cm³/mol. The van der Waals surface area contributed by atoms with Crippen LogP contribution >= 0.6 is 0 Å². The zero-order chi connectivity index (χ0) is 12.1. The molecule has 3 heteroatoms. The Morgan fingerprint density at radius 3 is 2.88 bits per heavy atom. The number of nitrogens with zero attached hydrogens (tertiary/aromatic N) is 1. The number of carbonyl (C=O) groups excluding carboxylic acids is 1. The Labute approximate surface area is 102 Å². The van der Waals surface area contributed by atoms with Gasteiger partial charge < -0.3 is 5.73 Å². The standard InChI is InChI=1S/C14H20N2O/c15-10-11-5-1-2-7-13(11)14(17)9-12-6-3-4-8-16-12/h3-4,6,8,11,13H,1-2,5,7,9-10,15H2. The Morgan fingerprint density at radius 2 is 2.18 bits per heavy atom. The molecule has 1 aliphatic rings. The topological polar surface area (TPSA) is 56.0 Å². The van der Waals surface area contributed by atoms with Crippen molar-refractivity contribution in [2.24, 2.45) is 17.6 Å². The number of pyridine rings is 1. The summed E-state index contributed by atoms with van der Waals surface area (Å²) in [5.41, 5.74) is 6.63. The summed E-state index contributed by atoms with van der Waals surface area (Å²) in [4.78, 5) is 16.5. The molecular weight excluding hydrogens is 212 g/mol. The van der Waals surface area contributed by atoms with Crippen LogP contribution < -0.4 is 5.73 Å². The fraction of sp³-hybridized carbons (Fsp3) is 0.571. The molecule has 2 N–H and O–H groups in total. The number of ketones is 1. The monoisotopic (exact) mass is 232 g/mol. The lowest BCUT2D eigenvalue weighted by Crippen LogP contribution is -2.33. The molecule has 1 aromatic heterocycles. The van der Waals surface area contributed by atoms with E-state index in [2.05, 4.69) is 4.98 Å². The van der Waals surface area contributed by atoms with Crippen molar-refractivity contribution >= 4 is 5.78 Å². The first-order valence-corrected chi connectivity index (χ1v) is 6.44. The van der Waals surface area contributed by atoms with E-state index in [1.54, 1.807) is 6.20 Å². The lowest BCUT2D eigenvalue weighted by Gasteiger charge is -2.29. The summed E-state index contributed by atoms with van der Waals surface area (Å²) >= 11 is 0. The number of hydrogen-bond acceptors (Lipinski definition) is 3. The highest BCUT2D eigenvalue weighted by Gasteiger charge is 2.29. The smallest absolute Gasteiger partial charge is 0.142 e. The Bertz CT molecular complexity index is 364. The highest BCUT2D eigenvalue weighted by Crippen LogP contribution is 2.30. The van der Waals surface area contributed by atoms with Gasteiger partial charge in [-0.25, -0.2) is 0 Å². The van der Waals surface area contributed by atoms with Crippen molar-refractivity contribution in [2.75, 3.05) is 6.54 Å². The van der Waals surface area contributed by atoms with Gasteiger partial charge in [0.05, 0.1) is 0 Å². The molecular formula is C14H20N2O. The van der Waals surface area contributed by atoms with Crippen LogP contribution in [-0.2, 0) is 11.2 Å². The van der Waals surface area contributed by atoms with Crippen LogP contribution in [0.25, 0.3) is 0 Å². The largest absolute Gasteiger partial charge is 0.330 e. The number of carbonyl (C=O) groups is 1. The molecule has 0 amide bonds. The molecule has 1 aliphatic carbocycles. The van der Waals surface area contributed by atoms with Crippen LogP contribution in [0, 0.1) is 11.8 Å². The van der Waals surface area contributed by atoms with E-state index in [-0.39, 0.29) is 5.92 Å². The van der Waals surface area contributed by atoms with Gasteiger partial charge >= 0.3 is 0 Å². The first kappa shape index (κ1) is 12.2. The molecule has 0 saturated heterocycles. The van der Waals surface area contributed by atoms with Crippen molar-refractivity contribution in [1.29, 1.82) is 0 Å². The van der Waals surface area contributed by atoms with Gasteiger partial charge in [-0.15, -0.1) is 0 Å². The van der Waals surface area contributed by atoms with Gasteiger partial charge in [-0.05, 0) is 37.4 Å². The number of nitrogens with two attached hydrogens (primary N) is 1. The predicted octanol–water partition coefficient (Wildman–Crippen LogP) is 1.96. The Morgan fingerprint density at radius 1 is 1.35 bits per heavy atom. The summed E-state index contributed by atoms with van der Waals surface area (Å²) < 4.78 is 0. The molecule has 3 nitrogen and oxygen atoms in total. The molecule has 0 bridgehead atoms. The summed E-state index contributed by atoms with van der Waals surface area (Å²) in [5.74, 6) is 0.870. The minimum atomic E-state index is 0.163. The van der Waals surface area contributed by atoms with Gasteiger partial charge in [0.15, 0.2) is 0 Å². The average molecular weight is 232 g/mol. The lowest BCUT2D eigenvalue weighted by atomic mass is 9.76. The van der Waals surface area contributed by atoms with Gasteiger partial charge in [0, 0.05) is 24.2 Å².